The van der Waals surface area contributed by atoms with Gasteiger partial charge in [0.05, 0.1) is 5.75 Å². The summed E-state index contributed by atoms with van der Waals surface area (Å²) in [5.41, 5.74) is 0.178. The molecule has 0 aliphatic carbocycles. The summed E-state index contributed by atoms with van der Waals surface area (Å²) < 4.78 is 24.4. The van der Waals surface area contributed by atoms with Crippen LogP contribution in [0.25, 0.3) is 0 Å². The van der Waals surface area contributed by atoms with Gasteiger partial charge in [-0.05, 0) is 17.5 Å². The summed E-state index contributed by atoms with van der Waals surface area (Å²) in [4.78, 5) is 2.59. The molecule has 0 unspecified atom stereocenters. The van der Waals surface area contributed by atoms with Crippen LogP contribution >= 0.6 is 11.3 Å². The molecule has 0 spiro atoms. The molecule has 6 heteroatoms. The predicted octanol–water partition coefficient (Wildman–Crippen LogP) is 2.03. The first kappa shape index (κ1) is 16.6. The molecule has 0 fully saturated rings. The van der Waals surface area contributed by atoms with Gasteiger partial charge in [-0.3, -0.25) is 0 Å². The van der Waals surface area contributed by atoms with Crippen molar-refractivity contribution in [2.24, 2.45) is 0 Å². The van der Waals surface area contributed by atoms with E-state index >= 15 is 0 Å². The van der Waals surface area contributed by atoms with E-state index in [2.05, 4.69) is 38.2 Å². The van der Waals surface area contributed by atoms with Gasteiger partial charge in [-0.15, -0.1) is 11.3 Å². The molecule has 19 heavy (non-hydrogen) atoms. The zero-order valence-electron chi connectivity index (χ0n) is 12.4. The number of sulfonamides is 1. The average Bonchev–Trinajstić information content (AvgIpc) is 2.72. The lowest BCUT2D eigenvalue weighted by Gasteiger charge is -2.15. The third-order valence-corrected chi connectivity index (χ3v) is 6.14. The van der Waals surface area contributed by atoms with Crippen molar-refractivity contribution in [1.29, 1.82) is 0 Å². The van der Waals surface area contributed by atoms with Gasteiger partial charge >= 0.3 is 0 Å². The maximum Gasteiger partial charge on any atom is 0.214 e. The van der Waals surface area contributed by atoms with Crippen LogP contribution in [-0.2, 0) is 22.0 Å². The van der Waals surface area contributed by atoms with Gasteiger partial charge in [0.2, 0.25) is 10.0 Å². The molecule has 0 aliphatic heterocycles. The zero-order valence-corrected chi connectivity index (χ0v) is 14.0. The first-order valence-electron chi connectivity index (χ1n) is 6.33. The minimum atomic E-state index is -3.10. The fraction of sp³-hybridized carbons (Fsp3) is 0.692. The van der Waals surface area contributed by atoms with Gasteiger partial charge in [0, 0.05) is 36.9 Å². The van der Waals surface area contributed by atoms with Gasteiger partial charge in [0.15, 0.2) is 0 Å². The molecule has 0 aliphatic rings. The molecule has 4 nitrogen and oxygen atoms in total. The Morgan fingerprint density at radius 1 is 1.26 bits per heavy atom. The molecular formula is C13H24N2O2S2. The maximum absolute atomic E-state index is 11.6. The Hall–Kier alpha value is -0.430. The molecule has 0 bridgehead atoms. The molecular weight excluding hydrogens is 280 g/mol. The van der Waals surface area contributed by atoms with Crippen LogP contribution in [0.1, 0.15) is 30.5 Å². The van der Waals surface area contributed by atoms with Crippen molar-refractivity contribution in [2.75, 3.05) is 26.4 Å². The van der Waals surface area contributed by atoms with Crippen molar-refractivity contribution in [1.82, 2.24) is 9.62 Å². The molecule has 0 saturated heterocycles. The Labute approximate surface area is 120 Å². The van der Waals surface area contributed by atoms with E-state index in [0.717, 1.165) is 6.54 Å². The van der Waals surface area contributed by atoms with E-state index in [4.69, 9.17) is 0 Å². The number of nitrogens with zero attached hydrogens (tertiary/aromatic N) is 1. The second-order valence-corrected chi connectivity index (χ2v) is 9.26. The summed E-state index contributed by atoms with van der Waals surface area (Å²) in [5.74, 6) is 0.136. The second kappa shape index (κ2) is 6.35. The van der Waals surface area contributed by atoms with E-state index in [1.54, 1.807) is 25.4 Å². The van der Waals surface area contributed by atoms with E-state index in [-0.39, 0.29) is 11.2 Å². The van der Waals surface area contributed by atoms with Crippen LogP contribution in [0.4, 0.5) is 0 Å². The van der Waals surface area contributed by atoms with E-state index in [1.165, 1.54) is 14.1 Å². The standard InChI is InChI=1S/C13H24N2O2S2/c1-13(2,3)12-7-6-11(18-12)10-14-8-9-19(16,17)15(4)5/h6-7,14H,8-10H2,1-5H3. The van der Waals surface area contributed by atoms with E-state index < -0.39 is 10.0 Å². The average molecular weight is 304 g/mol. The highest BCUT2D eigenvalue weighted by atomic mass is 32.2. The van der Waals surface area contributed by atoms with Crippen molar-refractivity contribution in [3.63, 3.8) is 0 Å². The normalized spacial score (nSPS) is 13.2. The van der Waals surface area contributed by atoms with Gasteiger partial charge in [-0.1, -0.05) is 20.8 Å². The minimum absolute atomic E-state index is 0.136. The third kappa shape index (κ3) is 5.22. The molecule has 1 heterocycles. The SMILES string of the molecule is CN(C)S(=O)(=O)CCNCc1ccc(C(C)(C)C)s1. The van der Waals surface area contributed by atoms with E-state index in [9.17, 15) is 8.42 Å². The van der Waals surface area contributed by atoms with E-state index in [1.807, 2.05) is 0 Å². The van der Waals surface area contributed by atoms with Crippen LogP contribution in [-0.4, -0.2) is 39.1 Å². The third-order valence-electron chi connectivity index (χ3n) is 2.79. The van der Waals surface area contributed by atoms with Crippen molar-refractivity contribution in [3.8, 4) is 0 Å². The fourth-order valence-corrected chi connectivity index (χ4v) is 3.27. The molecule has 1 aromatic rings. The fourth-order valence-electron chi connectivity index (χ4n) is 1.47. The van der Waals surface area contributed by atoms with Crippen LogP contribution in [0.2, 0.25) is 0 Å². The van der Waals surface area contributed by atoms with Crippen LogP contribution < -0.4 is 5.32 Å². The summed E-state index contributed by atoms with van der Waals surface area (Å²) in [5, 5.41) is 3.18. The highest BCUT2D eigenvalue weighted by Gasteiger charge is 2.16. The van der Waals surface area contributed by atoms with Gasteiger partial charge in [0.1, 0.15) is 0 Å². The summed E-state index contributed by atoms with van der Waals surface area (Å²) in [7, 11) is 0.0230. The quantitative estimate of drug-likeness (QED) is 0.818. The molecule has 1 N–H and O–H groups in total. The molecule has 0 saturated carbocycles. The summed E-state index contributed by atoms with van der Waals surface area (Å²) in [6.07, 6.45) is 0. The highest BCUT2D eigenvalue weighted by Crippen LogP contribution is 2.29. The van der Waals surface area contributed by atoms with Gasteiger partial charge in [-0.25, -0.2) is 12.7 Å². The lowest BCUT2D eigenvalue weighted by Crippen LogP contribution is -2.30. The van der Waals surface area contributed by atoms with Crippen molar-refractivity contribution >= 4 is 21.4 Å². The Kier molecular flexibility index (Phi) is 5.55. The van der Waals surface area contributed by atoms with Gasteiger partial charge in [0.25, 0.3) is 0 Å². The number of rotatable bonds is 6. The summed E-state index contributed by atoms with van der Waals surface area (Å²) in [6.45, 7) is 7.78. The second-order valence-electron chi connectivity index (χ2n) is 5.79. The highest BCUT2D eigenvalue weighted by molar-refractivity contribution is 7.89. The van der Waals surface area contributed by atoms with Crippen LogP contribution in [0.15, 0.2) is 12.1 Å². The summed E-state index contributed by atoms with van der Waals surface area (Å²) in [6, 6.07) is 4.26. The van der Waals surface area contributed by atoms with Crippen molar-refractivity contribution in [3.05, 3.63) is 21.9 Å². The smallest absolute Gasteiger partial charge is 0.214 e. The topological polar surface area (TPSA) is 49.4 Å². The maximum atomic E-state index is 11.6. The lowest BCUT2D eigenvalue weighted by atomic mass is 9.95. The summed E-state index contributed by atoms with van der Waals surface area (Å²) >= 11 is 1.78. The predicted molar refractivity (Wildman–Crippen MR) is 82.2 cm³/mol. The first-order chi connectivity index (χ1) is 8.63. The Bertz CT molecular complexity index is 499. The number of hydrogen-bond donors (Lipinski definition) is 1. The Balaban J connectivity index is 2.41. The number of thiophene rings is 1. The van der Waals surface area contributed by atoms with Crippen molar-refractivity contribution < 1.29 is 8.42 Å². The number of hydrogen-bond acceptors (Lipinski definition) is 4. The van der Waals surface area contributed by atoms with Crippen LogP contribution in [0, 0.1) is 0 Å². The van der Waals surface area contributed by atoms with E-state index in [0.29, 0.717) is 6.54 Å². The number of nitrogens with one attached hydrogen (secondary N) is 1. The monoisotopic (exact) mass is 304 g/mol. The first-order valence-corrected chi connectivity index (χ1v) is 8.75. The molecule has 110 valence electrons. The van der Waals surface area contributed by atoms with Crippen LogP contribution in [0.5, 0.6) is 0 Å². The van der Waals surface area contributed by atoms with Crippen LogP contribution in [0.3, 0.4) is 0 Å². The minimum Gasteiger partial charge on any atom is -0.311 e. The molecule has 0 radical (unpaired) electrons. The van der Waals surface area contributed by atoms with Gasteiger partial charge < -0.3 is 5.32 Å². The zero-order chi connectivity index (χ0) is 14.7. The Morgan fingerprint density at radius 3 is 2.37 bits per heavy atom. The molecule has 1 aromatic heterocycles. The molecule has 1 rings (SSSR count). The molecule has 0 atom stereocenters. The Morgan fingerprint density at radius 2 is 1.89 bits per heavy atom. The molecule has 0 amide bonds. The largest absolute Gasteiger partial charge is 0.311 e. The lowest BCUT2D eigenvalue weighted by molar-refractivity contribution is 0.517. The van der Waals surface area contributed by atoms with Crippen molar-refractivity contribution in [2.45, 2.75) is 32.7 Å². The van der Waals surface area contributed by atoms with Gasteiger partial charge in [-0.2, -0.15) is 0 Å². The molecule has 0 aromatic carbocycles.